The van der Waals surface area contributed by atoms with Gasteiger partial charge in [0.1, 0.15) is 17.5 Å². The first-order chi connectivity index (χ1) is 8.56. The number of hydrogen-bond donors (Lipinski definition) is 1. The zero-order valence-corrected chi connectivity index (χ0v) is 10.1. The maximum atomic E-state index is 13.4. The third-order valence-electron chi connectivity index (χ3n) is 2.39. The molecule has 5 heteroatoms. The van der Waals surface area contributed by atoms with Gasteiger partial charge in [-0.25, -0.2) is 13.2 Å². The Morgan fingerprint density at radius 3 is 2.28 bits per heavy atom. The fourth-order valence-electron chi connectivity index (χ4n) is 1.45. The van der Waals surface area contributed by atoms with E-state index in [1.54, 1.807) is 6.07 Å². The third-order valence-corrected chi connectivity index (χ3v) is 3.48. The van der Waals surface area contributed by atoms with E-state index >= 15 is 0 Å². The van der Waals surface area contributed by atoms with Gasteiger partial charge in [0.05, 0.1) is 0 Å². The first-order valence-corrected chi connectivity index (χ1v) is 6.16. The predicted molar refractivity (Wildman–Crippen MR) is 66.7 cm³/mol. The molecule has 1 nitrogen and oxygen atoms in total. The molecule has 2 aromatic carbocycles. The van der Waals surface area contributed by atoms with Crippen molar-refractivity contribution in [2.75, 3.05) is 5.73 Å². The fourth-order valence-corrected chi connectivity index (χ4v) is 2.38. The summed E-state index contributed by atoms with van der Waals surface area (Å²) in [5.74, 6) is -1.23. The number of thioether (sulfide) groups is 1. The van der Waals surface area contributed by atoms with Gasteiger partial charge in [-0.1, -0.05) is 6.07 Å². The van der Waals surface area contributed by atoms with Crippen LogP contribution in [-0.4, -0.2) is 0 Å². The summed E-state index contributed by atoms with van der Waals surface area (Å²) in [6.45, 7) is 0. The van der Waals surface area contributed by atoms with Crippen molar-refractivity contribution in [2.24, 2.45) is 0 Å². The van der Waals surface area contributed by atoms with E-state index < -0.39 is 17.5 Å². The molecule has 0 amide bonds. The predicted octanol–water partition coefficient (Wildman–Crippen LogP) is 3.98. The largest absolute Gasteiger partial charge is 0.398 e. The van der Waals surface area contributed by atoms with E-state index in [0.29, 0.717) is 21.9 Å². The van der Waals surface area contributed by atoms with E-state index in [9.17, 15) is 13.2 Å². The molecule has 0 saturated heterocycles. The zero-order chi connectivity index (χ0) is 13.1. The Hall–Kier alpha value is -1.62. The molecular weight excluding hydrogens is 259 g/mol. The molecule has 0 aliphatic carbocycles. The molecule has 0 fully saturated rings. The van der Waals surface area contributed by atoms with Crippen LogP contribution < -0.4 is 5.73 Å². The van der Waals surface area contributed by atoms with Crippen LogP contribution in [0.1, 0.15) is 5.56 Å². The van der Waals surface area contributed by atoms with Crippen LogP contribution >= 0.6 is 11.8 Å². The van der Waals surface area contributed by atoms with Crippen LogP contribution in [-0.2, 0) is 5.75 Å². The van der Waals surface area contributed by atoms with E-state index in [2.05, 4.69) is 0 Å². The molecule has 0 atom stereocenters. The highest BCUT2D eigenvalue weighted by atomic mass is 32.2. The molecule has 0 aliphatic rings. The lowest BCUT2D eigenvalue weighted by molar-refractivity contribution is 0.565. The van der Waals surface area contributed by atoms with Crippen LogP contribution in [0, 0.1) is 17.5 Å². The number of rotatable bonds is 3. The number of nitrogen functional groups attached to an aromatic ring is 1. The van der Waals surface area contributed by atoms with E-state index in [1.165, 1.54) is 36.0 Å². The first-order valence-electron chi connectivity index (χ1n) is 5.18. The average Bonchev–Trinajstić information content (AvgIpc) is 2.30. The Kier molecular flexibility index (Phi) is 3.81. The monoisotopic (exact) mass is 269 g/mol. The first kappa shape index (κ1) is 12.8. The lowest BCUT2D eigenvalue weighted by atomic mass is 10.2. The lowest BCUT2D eigenvalue weighted by Crippen LogP contribution is -1.94. The Labute approximate surface area is 107 Å². The maximum absolute atomic E-state index is 13.4. The molecule has 0 bridgehead atoms. The molecule has 0 radical (unpaired) electrons. The van der Waals surface area contributed by atoms with Crippen molar-refractivity contribution in [3.63, 3.8) is 0 Å². The van der Waals surface area contributed by atoms with E-state index in [0.717, 1.165) is 6.07 Å². The van der Waals surface area contributed by atoms with Gasteiger partial charge in [0.25, 0.3) is 0 Å². The van der Waals surface area contributed by atoms with Gasteiger partial charge in [0, 0.05) is 22.4 Å². The van der Waals surface area contributed by atoms with E-state index in [4.69, 9.17) is 5.73 Å². The van der Waals surface area contributed by atoms with Crippen LogP contribution in [0.5, 0.6) is 0 Å². The normalized spacial score (nSPS) is 10.6. The van der Waals surface area contributed by atoms with Crippen molar-refractivity contribution >= 4 is 17.4 Å². The van der Waals surface area contributed by atoms with E-state index in [-0.39, 0.29) is 0 Å². The summed E-state index contributed by atoms with van der Waals surface area (Å²) < 4.78 is 38.9. The van der Waals surface area contributed by atoms with Gasteiger partial charge in [-0.3, -0.25) is 0 Å². The van der Waals surface area contributed by atoms with Crippen LogP contribution in [0.25, 0.3) is 0 Å². The summed E-state index contributed by atoms with van der Waals surface area (Å²) in [5, 5.41) is 0. The van der Waals surface area contributed by atoms with Gasteiger partial charge in [0.15, 0.2) is 0 Å². The van der Waals surface area contributed by atoms with Gasteiger partial charge in [-0.15, -0.1) is 11.8 Å². The Bertz CT molecular complexity index is 521. The number of hydrogen-bond acceptors (Lipinski definition) is 2. The standard InChI is InChI=1S/C13H10F3NS/c14-9-3-4-13(11(16)5-9)18-7-8-1-2-10(15)6-12(8)17/h1-6H,7,17H2. The topological polar surface area (TPSA) is 26.0 Å². The highest BCUT2D eigenvalue weighted by Gasteiger charge is 2.06. The Morgan fingerprint density at radius 2 is 1.61 bits per heavy atom. The smallest absolute Gasteiger partial charge is 0.139 e. The number of halogens is 3. The highest BCUT2D eigenvalue weighted by Crippen LogP contribution is 2.28. The van der Waals surface area contributed by atoms with Crippen molar-refractivity contribution in [3.8, 4) is 0 Å². The minimum absolute atomic E-state index is 0.324. The second-order valence-corrected chi connectivity index (χ2v) is 4.72. The molecule has 0 saturated carbocycles. The zero-order valence-electron chi connectivity index (χ0n) is 9.29. The summed E-state index contributed by atoms with van der Waals surface area (Å²) in [4.78, 5) is 0.333. The lowest BCUT2D eigenvalue weighted by Gasteiger charge is -2.06. The minimum atomic E-state index is -0.613. The molecule has 2 N–H and O–H groups in total. The van der Waals surface area contributed by atoms with Crippen molar-refractivity contribution in [2.45, 2.75) is 10.6 Å². The molecule has 0 heterocycles. The van der Waals surface area contributed by atoms with E-state index in [1.807, 2.05) is 0 Å². The number of nitrogens with two attached hydrogens (primary N) is 1. The molecule has 2 aromatic rings. The van der Waals surface area contributed by atoms with Gasteiger partial charge in [-0.2, -0.15) is 0 Å². The Morgan fingerprint density at radius 1 is 0.944 bits per heavy atom. The van der Waals surface area contributed by atoms with Gasteiger partial charge in [-0.05, 0) is 29.8 Å². The summed E-state index contributed by atoms with van der Waals surface area (Å²) in [7, 11) is 0. The van der Waals surface area contributed by atoms with Crippen molar-refractivity contribution in [3.05, 3.63) is 59.4 Å². The quantitative estimate of drug-likeness (QED) is 0.673. The molecule has 0 aliphatic heterocycles. The van der Waals surface area contributed by atoms with Crippen LogP contribution in [0.15, 0.2) is 41.3 Å². The highest BCUT2D eigenvalue weighted by molar-refractivity contribution is 7.98. The minimum Gasteiger partial charge on any atom is -0.398 e. The summed E-state index contributed by atoms with van der Waals surface area (Å²) in [5.41, 5.74) is 6.68. The van der Waals surface area contributed by atoms with Gasteiger partial charge >= 0.3 is 0 Å². The van der Waals surface area contributed by atoms with Gasteiger partial charge in [0.2, 0.25) is 0 Å². The second-order valence-electron chi connectivity index (χ2n) is 3.71. The molecule has 0 unspecified atom stereocenters. The summed E-state index contributed by atoms with van der Waals surface area (Å²) in [6, 6.07) is 7.47. The van der Waals surface area contributed by atoms with Crippen LogP contribution in [0.2, 0.25) is 0 Å². The molecule has 18 heavy (non-hydrogen) atoms. The van der Waals surface area contributed by atoms with Gasteiger partial charge < -0.3 is 5.73 Å². The molecule has 0 aromatic heterocycles. The molecule has 0 spiro atoms. The number of benzene rings is 2. The SMILES string of the molecule is Nc1cc(F)ccc1CSc1ccc(F)cc1F. The van der Waals surface area contributed by atoms with Crippen LogP contribution in [0.4, 0.5) is 18.9 Å². The maximum Gasteiger partial charge on any atom is 0.139 e. The van der Waals surface area contributed by atoms with Crippen molar-refractivity contribution in [1.82, 2.24) is 0 Å². The van der Waals surface area contributed by atoms with Crippen molar-refractivity contribution in [1.29, 1.82) is 0 Å². The molecular formula is C13H10F3NS. The second kappa shape index (κ2) is 5.35. The third kappa shape index (κ3) is 2.98. The average molecular weight is 269 g/mol. The molecule has 94 valence electrons. The summed E-state index contributed by atoms with van der Waals surface area (Å²) in [6.07, 6.45) is 0. The molecule has 2 rings (SSSR count). The van der Waals surface area contributed by atoms with Crippen LogP contribution in [0.3, 0.4) is 0 Å². The fraction of sp³-hybridized carbons (Fsp3) is 0.0769. The Balaban J connectivity index is 2.11. The van der Waals surface area contributed by atoms with Crippen molar-refractivity contribution < 1.29 is 13.2 Å². The summed E-state index contributed by atoms with van der Waals surface area (Å²) >= 11 is 1.18. The number of anilines is 1.